The Bertz CT molecular complexity index is 981. The van der Waals surface area contributed by atoms with Gasteiger partial charge in [0.15, 0.2) is 0 Å². The van der Waals surface area contributed by atoms with Crippen molar-refractivity contribution in [2.24, 2.45) is 0 Å². The minimum absolute atomic E-state index is 0.171. The maximum atomic E-state index is 12.4. The van der Waals surface area contributed by atoms with Crippen LogP contribution in [0.1, 0.15) is 16.1 Å². The molecule has 3 aromatic rings. The molecule has 26 heavy (non-hydrogen) atoms. The summed E-state index contributed by atoms with van der Waals surface area (Å²) in [6, 6.07) is 17.6. The number of methoxy groups -OCH3 is 1. The van der Waals surface area contributed by atoms with E-state index in [4.69, 9.17) is 10.00 Å². The van der Waals surface area contributed by atoms with Crippen molar-refractivity contribution >= 4 is 23.2 Å². The number of aromatic nitrogens is 2. The van der Waals surface area contributed by atoms with Crippen molar-refractivity contribution in [1.82, 2.24) is 9.97 Å². The lowest BCUT2D eigenvalue weighted by atomic mass is 10.2. The molecule has 0 atom stereocenters. The van der Waals surface area contributed by atoms with Crippen LogP contribution in [0.15, 0.2) is 60.8 Å². The third-order valence-corrected chi connectivity index (χ3v) is 3.54. The van der Waals surface area contributed by atoms with E-state index in [0.717, 1.165) is 0 Å². The van der Waals surface area contributed by atoms with Gasteiger partial charge in [-0.05, 0) is 30.3 Å². The van der Waals surface area contributed by atoms with Gasteiger partial charge < -0.3 is 15.4 Å². The zero-order valence-electron chi connectivity index (χ0n) is 13.9. The standard InChI is InChI=1S/C19H15N5O2/c1-26-17-9-5-4-8-15(17)23-19-21-11-10-16(24-19)18(25)22-14-7-3-2-6-13(14)12-20/h2-11H,1H3,(H,22,25)(H,21,23,24). The number of rotatable bonds is 5. The van der Waals surface area contributed by atoms with Gasteiger partial charge in [0.05, 0.1) is 24.0 Å². The summed E-state index contributed by atoms with van der Waals surface area (Å²) in [4.78, 5) is 20.8. The molecule has 7 heteroatoms. The average Bonchev–Trinajstić information content (AvgIpc) is 2.69. The van der Waals surface area contributed by atoms with Crippen molar-refractivity contribution in [2.45, 2.75) is 0 Å². The number of nitriles is 1. The van der Waals surface area contributed by atoms with E-state index in [1.807, 2.05) is 24.3 Å². The minimum Gasteiger partial charge on any atom is -0.495 e. The summed E-state index contributed by atoms with van der Waals surface area (Å²) in [6.45, 7) is 0. The van der Waals surface area contributed by atoms with Gasteiger partial charge in [-0.1, -0.05) is 24.3 Å². The van der Waals surface area contributed by atoms with E-state index in [-0.39, 0.29) is 11.6 Å². The van der Waals surface area contributed by atoms with E-state index in [9.17, 15) is 4.79 Å². The van der Waals surface area contributed by atoms with Gasteiger partial charge in [0, 0.05) is 6.20 Å². The molecular formula is C19H15N5O2. The SMILES string of the molecule is COc1ccccc1Nc1nccc(C(=O)Nc2ccccc2C#N)n1. The fourth-order valence-corrected chi connectivity index (χ4v) is 2.29. The van der Waals surface area contributed by atoms with Gasteiger partial charge in [-0.2, -0.15) is 5.26 Å². The molecule has 0 aliphatic carbocycles. The van der Waals surface area contributed by atoms with E-state index in [0.29, 0.717) is 22.7 Å². The fraction of sp³-hybridized carbons (Fsp3) is 0.0526. The van der Waals surface area contributed by atoms with Gasteiger partial charge in [-0.3, -0.25) is 4.79 Å². The molecule has 1 heterocycles. The third kappa shape index (κ3) is 3.76. The number of benzene rings is 2. The molecule has 7 nitrogen and oxygen atoms in total. The van der Waals surface area contributed by atoms with E-state index in [1.165, 1.54) is 12.3 Å². The highest BCUT2D eigenvalue weighted by atomic mass is 16.5. The molecule has 0 fully saturated rings. The number of anilines is 3. The van der Waals surface area contributed by atoms with Gasteiger partial charge in [-0.15, -0.1) is 0 Å². The Morgan fingerprint density at radius 1 is 1.08 bits per heavy atom. The predicted octanol–water partition coefficient (Wildman–Crippen LogP) is 3.35. The summed E-state index contributed by atoms with van der Waals surface area (Å²) in [5.74, 6) is 0.461. The molecule has 0 aliphatic heterocycles. The number of ether oxygens (including phenoxy) is 1. The summed E-state index contributed by atoms with van der Waals surface area (Å²) >= 11 is 0. The lowest BCUT2D eigenvalue weighted by molar-refractivity contribution is 0.102. The largest absolute Gasteiger partial charge is 0.495 e. The first kappa shape index (κ1) is 16.9. The number of carbonyl (C=O) groups is 1. The van der Waals surface area contributed by atoms with Crippen molar-refractivity contribution in [3.8, 4) is 11.8 Å². The molecule has 0 saturated heterocycles. The van der Waals surface area contributed by atoms with Crippen LogP contribution in [0.3, 0.4) is 0 Å². The first-order valence-electron chi connectivity index (χ1n) is 7.75. The summed E-state index contributed by atoms with van der Waals surface area (Å²) in [5, 5.41) is 14.8. The maximum absolute atomic E-state index is 12.4. The molecule has 0 radical (unpaired) electrons. The molecule has 128 valence electrons. The Morgan fingerprint density at radius 3 is 2.58 bits per heavy atom. The number of para-hydroxylation sites is 3. The molecular weight excluding hydrogens is 330 g/mol. The lowest BCUT2D eigenvalue weighted by Gasteiger charge is -2.10. The second kappa shape index (κ2) is 7.77. The molecule has 3 rings (SSSR count). The third-order valence-electron chi connectivity index (χ3n) is 3.54. The first-order valence-corrected chi connectivity index (χ1v) is 7.75. The maximum Gasteiger partial charge on any atom is 0.274 e. The summed E-state index contributed by atoms with van der Waals surface area (Å²) in [7, 11) is 1.57. The fourth-order valence-electron chi connectivity index (χ4n) is 2.29. The highest BCUT2D eigenvalue weighted by Gasteiger charge is 2.12. The van der Waals surface area contributed by atoms with Crippen LogP contribution in [0.2, 0.25) is 0 Å². The second-order valence-corrected chi connectivity index (χ2v) is 5.20. The van der Waals surface area contributed by atoms with Crippen molar-refractivity contribution in [2.75, 3.05) is 17.7 Å². The second-order valence-electron chi connectivity index (χ2n) is 5.20. The van der Waals surface area contributed by atoms with E-state index in [1.54, 1.807) is 37.4 Å². The van der Waals surface area contributed by atoms with Crippen LogP contribution in [0.25, 0.3) is 0 Å². The Hall–Kier alpha value is -3.92. The van der Waals surface area contributed by atoms with Crippen molar-refractivity contribution in [3.63, 3.8) is 0 Å². The van der Waals surface area contributed by atoms with Crippen LogP contribution < -0.4 is 15.4 Å². The van der Waals surface area contributed by atoms with Crippen molar-refractivity contribution in [3.05, 3.63) is 72.1 Å². The monoisotopic (exact) mass is 345 g/mol. The quantitative estimate of drug-likeness (QED) is 0.735. The van der Waals surface area contributed by atoms with Gasteiger partial charge in [-0.25, -0.2) is 9.97 Å². The van der Waals surface area contributed by atoms with Crippen LogP contribution in [-0.4, -0.2) is 23.0 Å². The van der Waals surface area contributed by atoms with Crippen LogP contribution >= 0.6 is 0 Å². The summed E-state index contributed by atoms with van der Waals surface area (Å²) in [5.41, 5.74) is 1.66. The number of nitrogens with one attached hydrogen (secondary N) is 2. The molecule has 1 amide bonds. The average molecular weight is 345 g/mol. The van der Waals surface area contributed by atoms with Crippen LogP contribution in [-0.2, 0) is 0 Å². The van der Waals surface area contributed by atoms with Crippen LogP contribution in [0, 0.1) is 11.3 Å². The van der Waals surface area contributed by atoms with Gasteiger partial charge in [0.2, 0.25) is 5.95 Å². The Kier molecular flexibility index (Phi) is 5.05. The van der Waals surface area contributed by atoms with Crippen molar-refractivity contribution < 1.29 is 9.53 Å². The van der Waals surface area contributed by atoms with E-state index >= 15 is 0 Å². The van der Waals surface area contributed by atoms with Crippen LogP contribution in [0.5, 0.6) is 5.75 Å². The van der Waals surface area contributed by atoms with E-state index in [2.05, 4.69) is 20.6 Å². The van der Waals surface area contributed by atoms with Gasteiger partial charge in [0.25, 0.3) is 5.91 Å². The number of carbonyl (C=O) groups excluding carboxylic acids is 1. The highest BCUT2D eigenvalue weighted by molar-refractivity contribution is 6.03. The molecule has 0 spiro atoms. The zero-order chi connectivity index (χ0) is 18.4. The Balaban J connectivity index is 1.81. The van der Waals surface area contributed by atoms with Crippen LogP contribution in [0.4, 0.5) is 17.3 Å². The number of hydrogen-bond donors (Lipinski definition) is 2. The molecule has 2 aromatic carbocycles. The molecule has 0 aliphatic rings. The lowest BCUT2D eigenvalue weighted by Crippen LogP contribution is -2.15. The highest BCUT2D eigenvalue weighted by Crippen LogP contribution is 2.25. The molecule has 0 saturated carbocycles. The summed E-state index contributed by atoms with van der Waals surface area (Å²) in [6.07, 6.45) is 1.48. The van der Waals surface area contributed by atoms with Crippen molar-refractivity contribution in [1.29, 1.82) is 5.26 Å². The molecule has 1 aromatic heterocycles. The molecule has 2 N–H and O–H groups in total. The topological polar surface area (TPSA) is 99.9 Å². The Labute approximate surface area is 150 Å². The summed E-state index contributed by atoms with van der Waals surface area (Å²) < 4.78 is 5.27. The number of hydrogen-bond acceptors (Lipinski definition) is 6. The first-order chi connectivity index (χ1) is 12.7. The zero-order valence-corrected chi connectivity index (χ0v) is 13.9. The minimum atomic E-state index is -0.432. The van der Waals surface area contributed by atoms with E-state index < -0.39 is 5.91 Å². The van der Waals surface area contributed by atoms with Gasteiger partial charge >= 0.3 is 0 Å². The molecule has 0 unspecified atom stereocenters. The number of nitrogens with zero attached hydrogens (tertiary/aromatic N) is 3. The smallest absolute Gasteiger partial charge is 0.274 e. The van der Waals surface area contributed by atoms with Gasteiger partial charge in [0.1, 0.15) is 17.5 Å². The normalized spacial score (nSPS) is 9.85. The predicted molar refractivity (Wildman–Crippen MR) is 97.4 cm³/mol. The number of amides is 1. The molecule has 0 bridgehead atoms. The Morgan fingerprint density at radius 2 is 1.81 bits per heavy atom.